The molecule has 0 radical (unpaired) electrons. The van der Waals surface area contributed by atoms with Crippen LogP contribution in [0.2, 0.25) is 0 Å². The molecule has 0 spiro atoms. The molecule has 1 unspecified atom stereocenters. The normalized spacial score (nSPS) is 19.0. The maximum atomic E-state index is 12.4. The molecule has 1 aliphatic rings. The van der Waals surface area contributed by atoms with Crippen molar-refractivity contribution in [3.63, 3.8) is 0 Å². The Labute approximate surface area is 155 Å². The quantitative estimate of drug-likeness (QED) is 0.366. The van der Waals surface area contributed by atoms with E-state index in [0.29, 0.717) is 25.0 Å². The summed E-state index contributed by atoms with van der Waals surface area (Å²) in [6.07, 6.45) is 5.71. The van der Waals surface area contributed by atoms with Crippen molar-refractivity contribution in [3.05, 3.63) is 35.4 Å². The average Bonchev–Trinajstić information content (AvgIpc) is 2.59. The SMILES string of the molecule is O=C(O)c1ccc(CCNC[C@H](O)CP(=O)(O)CC2CCCCC2)cc1. The Morgan fingerprint density at radius 3 is 2.46 bits per heavy atom. The molecule has 6 nitrogen and oxygen atoms in total. The summed E-state index contributed by atoms with van der Waals surface area (Å²) in [7, 11) is -3.28. The van der Waals surface area contributed by atoms with E-state index in [2.05, 4.69) is 5.32 Å². The number of carboxylic acids is 1. The number of hydrogen-bond acceptors (Lipinski definition) is 4. The molecule has 2 rings (SSSR count). The van der Waals surface area contributed by atoms with Crippen molar-refractivity contribution in [3.8, 4) is 0 Å². The zero-order chi connectivity index (χ0) is 19.0. The summed E-state index contributed by atoms with van der Waals surface area (Å²) in [6, 6.07) is 6.68. The van der Waals surface area contributed by atoms with Crippen LogP contribution in [-0.2, 0) is 11.0 Å². The van der Waals surface area contributed by atoms with Crippen molar-refractivity contribution in [2.24, 2.45) is 5.92 Å². The first kappa shape index (κ1) is 21.1. The molecule has 1 fully saturated rings. The summed E-state index contributed by atoms with van der Waals surface area (Å²) < 4.78 is 12.4. The van der Waals surface area contributed by atoms with Gasteiger partial charge in [-0.15, -0.1) is 0 Å². The van der Waals surface area contributed by atoms with E-state index in [0.717, 1.165) is 31.2 Å². The van der Waals surface area contributed by atoms with E-state index in [-0.39, 0.29) is 18.3 Å². The first-order valence-corrected chi connectivity index (χ1v) is 11.4. The first-order valence-electron chi connectivity index (χ1n) is 9.37. The smallest absolute Gasteiger partial charge is 0.335 e. The number of aromatic carboxylic acids is 1. The molecule has 7 heteroatoms. The second-order valence-corrected chi connectivity index (χ2v) is 9.75. The van der Waals surface area contributed by atoms with Gasteiger partial charge in [-0.1, -0.05) is 31.4 Å². The lowest BCUT2D eigenvalue weighted by Gasteiger charge is -2.25. The van der Waals surface area contributed by atoms with E-state index in [1.807, 2.05) is 0 Å². The van der Waals surface area contributed by atoms with Gasteiger partial charge in [0.05, 0.1) is 17.8 Å². The Kier molecular flexibility index (Phi) is 8.29. The number of carboxylic acid groups (broad SMARTS) is 1. The number of carbonyl (C=O) groups is 1. The number of aliphatic hydroxyl groups is 1. The van der Waals surface area contributed by atoms with Gasteiger partial charge in [0.15, 0.2) is 0 Å². The molecule has 2 atom stereocenters. The molecule has 0 aromatic heterocycles. The molecule has 1 aliphatic carbocycles. The zero-order valence-electron chi connectivity index (χ0n) is 15.1. The fraction of sp³-hybridized carbons (Fsp3) is 0.632. The Balaban J connectivity index is 1.65. The largest absolute Gasteiger partial charge is 0.478 e. The van der Waals surface area contributed by atoms with Crippen LogP contribution >= 0.6 is 7.37 Å². The molecular weight excluding hydrogens is 353 g/mol. The average molecular weight is 383 g/mol. The maximum absolute atomic E-state index is 12.4. The molecule has 1 saturated carbocycles. The fourth-order valence-electron chi connectivity index (χ4n) is 3.56. The molecule has 4 N–H and O–H groups in total. The second kappa shape index (κ2) is 10.2. The van der Waals surface area contributed by atoms with Crippen LogP contribution in [0.25, 0.3) is 0 Å². The van der Waals surface area contributed by atoms with Crippen LogP contribution in [0.5, 0.6) is 0 Å². The standard InChI is InChI=1S/C19H30NO5P/c21-18(14-26(24,25)13-16-4-2-1-3-5-16)12-20-11-10-15-6-8-17(9-7-15)19(22)23/h6-9,16,18,20-21H,1-5,10-14H2,(H,22,23)(H,24,25)/t18-/m0/s1. The minimum atomic E-state index is -3.28. The number of benzene rings is 1. The fourth-order valence-corrected chi connectivity index (χ4v) is 5.67. The summed E-state index contributed by atoms with van der Waals surface area (Å²) in [6.45, 7) is 0.893. The van der Waals surface area contributed by atoms with Gasteiger partial charge in [0.25, 0.3) is 0 Å². The van der Waals surface area contributed by atoms with Crippen LogP contribution in [0, 0.1) is 5.92 Å². The summed E-state index contributed by atoms with van der Waals surface area (Å²) in [4.78, 5) is 21.0. The highest BCUT2D eigenvalue weighted by Crippen LogP contribution is 2.45. The van der Waals surface area contributed by atoms with Crippen LogP contribution in [0.4, 0.5) is 0 Å². The van der Waals surface area contributed by atoms with Gasteiger partial charge in [-0.05, 0) is 49.4 Å². The van der Waals surface area contributed by atoms with Crippen LogP contribution in [0.3, 0.4) is 0 Å². The van der Waals surface area contributed by atoms with E-state index in [4.69, 9.17) is 5.11 Å². The lowest BCUT2D eigenvalue weighted by molar-refractivity contribution is 0.0697. The Morgan fingerprint density at radius 2 is 1.85 bits per heavy atom. The van der Waals surface area contributed by atoms with Gasteiger partial charge in [-0.2, -0.15) is 0 Å². The molecule has 1 aromatic carbocycles. The molecule has 146 valence electrons. The molecule has 1 aromatic rings. The summed E-state index contributed by atoms with van der Waals surface area (Å²) in [5.41, 5.74) is 1.26. The Bertz CT molecular complexity index is 613. The van der Waals surface area contributed by atoms with Gasteiger partial charge in [-0.3, -0.25) is 4.57 Å². The second-order valence-electron chi connectivity index (χ2n) is 7.33. The summed E-state index contributed by atoms with van der Waals surface area (Å²) in [5, 5.41) is 22.0. The minimum Gasteiger partial charge on any atom is -0.478 e. The van der Waals surface area contributed by atoms with Gasteiger partial charge in [0, 0.05) is 12.7 Å². The lowest BCUT2D eigenvalue weighted by Crippen LogP contribution is -2.31. The van der Waals surface area contributed by atoms with E-state index in [9.17, 15) is 19.4 Å². The maximum Gasteiger partial charge on any atom is 0.335 e. The van der Waals surface area contributed by atoms with Crippen LogP contribution < -0.4 is 5.32 Å². The highest BCUT2D eigenvalue weighted by molar-refractivity contribution is 7.58. The van der Waals surface area contributed by atoms with E-state index >= 15 is 0 Å². The Morgan fingerprint density at radius 1 is 1.19 bits per heavy atom. The van der Waals surface area contributed by atoms with Gasteiger partial charge >= 0.3 is 5.97 Å². The number of rotatable bonds is 10. The van der Waals surface area contributed by atoms with Crippen molar-refractivity contribution in [1.29, 1.82) is 0 Å². The molecule has 0 saturated heterocycles. The van der Waals surface area contributed by atoms with Crippen molar-refractivity contribution in [2.75, 3.05) is 25.4 Å². The molecule has 0 bridgehead atoms. The number of hydrogen-bond donors (Lipinski definition) is 4. The van der Waals surface area contributed by atoms with E-state index in [1.54, 1.807) is 24.3 Å². The third kappa shape index (κ3) is 7.58. The van der Waals surface area contributed by atoms with E-state index < -0.39 is 19.4 Å². The van der Waals surface area contributed by atoms with Gasteiger partial charge < -0.3 is 20.4 Å². The van der Waals surface area contributed by atoms with Crippen molar-refractivity contribution in [1.82, 2.24) is 5.32 Å². The van der Waals surface area contributed by atoms with Gasteiger partial charge in [-0.25, -0.2) is 4.79 Å². The van der Waals surface area contributed by atoms with E-state index in [1.165, 1.54) is 6.42 Å². The van der Waals surface area contributed by atoms with Crippen molar-refractivity contribution in [2.45, 2.75) is 44.6 Å². The number of nitrogens with one attached hydrogen (secondary N) is 1. The minimum absolute atomic E-state index is 0.0518. The predicted octanol–water partition coefficient (Wildman–Crippen LogP) is 2.73. The van der Waals surface area contributed by atoms with Crippen LogP contribution in [0.15, 0.2) is 24.3 Å². The molecule has 0 amide bonds. The van der Waals surface area contributed by atoms with Crippen LogP contribution in [-0.4, -0.2) is 52.6 Å². The Hall–Kier alpha value is -1.20. The highest BCUT2D eigenvalue weighted by Gasteiger charge is 2.27. The monoisotopic (exact) mass is 383 g/mol. The highest BCUT2D eigenvalue weighted by atomic mass is 31.2. The predicted molar refractivity (Wildman–Crippen MR) is 102 cm³/mol. The van der Waals surface area contributed by atoms with Crippen LogP contribution in [0.1, 0.15) is 48.0 Å². The lowest BCUT2D eigenvalue weighted by atomic mass is 9.91. The molecular formula is C19H30NO5P. The first-order chi connectivity index (χ1) is 12.4. The number of aliphatic hydroxyl groups excluding tert-OH is 1. The third-order valence-corrected chi connectivity index (χ3v) is 7.01. The third-order valence-electron chi connectivity index (χ3n) is 4.94. The van der Waals surface area contributed by atoms with Gasteiger partial charge in [0.2, 0.25) is 7.37 Å². The van der Waals surface area contributed by atoms with Gasteiger partial charge in [0.1, 0.15) is 0 Å². The van der Waals surface area contributed by atoms with Crippen molar-refractivity contribution >= 4 is 13.3 Å². The molecule has 0 aliphatic heterocycles. The van der Waals surface area contributed by atoms with Crippen molar-refractivity contribution < 1.29 is 24.5 Å². The summed E-state index contributed by atoms with van der Waals surface area (Å²) >= 11 is 0. The molecule has 0 heterocycles. The topological polar surface area (TPSA) is 107 Å². The summed E-state index contributed by atoms with van der Waals surface area (Å²) in [5.74, 6) is -0.618. The molecule has 26 heavy (non-hydrogen) atoms. The zero-order valence-corrected chi connectivity index (χ0v) is 16.0.